The van der Waals surface area contributed by atoms with Crippen LogP contribution in [0, 0.1) is 0 Å². The van der Waals surface area contributed by atoms with Gasteiger partial charge in [-0.15, -0.1) is 0 Å². The lowest BCUT2D eigenvalue weighted by Crippen LogP contribution is -2.46. The van der Waals surface area contributed by atoms with E-state index in [4.69, 9.17) is 23.7 Å². The van der Waals surface area contributed by atoms with Gasteiger partial charge in [0, 0.05) is 50.3 Å². The van der Waals surface area contributed by atoms with Crippen LogP contribution in [0.3, 0.4) is 0 Å². The minimum Gasteiger partial charge on any atom is -0.496 e. The molecule has 10 heteroatoms. The number of para-hydroxylation sites is 1. The molecule has 0 radical (unpaired) electrons. The van der Waals surface area contributed by atoms with Crippen LogP contribution in [0.1, 0.15) is 52.2 Å². The number of likely N-dealkylation sites (tertiary alicyclic amines) is 1. The number of benzene rings is 3. The molecule has 1 aliphatic rings. The highest BCUT2D eigenvalue weighted by Gasteiger charge is 2.33. The van der Waals surface area contributed by atoms with Gasteiger partial charge in [-0.25, -0.2) is 4.79 Å². The number of carboxylic acid groups (broad SMARTS) is 1. The van der Waals surface area contributed by atoms with Crippen molar-refractivity contribution in [3.05, 3.63) is 95.1 Å². The first-order valence-electron chi connectivity index (χ1n) is 15.4. The average Bonchev–Trinajstić information content (AvgIpc) is 3.07. The molecule has 1 heterocycles. The van der Waals surface area contributed by atoms with E-state index >= 15 is 0 Å². The molecule has 45 heavy (non-hydrogen) atoms. The normalized spacial score (nSPS) is 16.3. The SMILES string of the molecule is COCCCNC(=O)c1cccc(COC2CN(C(=O)O)CCC2c2ccc(OCCCOCc3ccccc3OC)cc2)c1. The number of methoxy groups -OCH3 is 2. The lowest BCUT2D eigenvalue weighted by molar-refractivity contribution is -0.0199. The molecule has 0 spiro atoms. The summed E-state index contributed by atoms with van der Waals surface area (Å²) in [6.07, 6.45) is 0.835. The molecule has 10 nitrogen and oxygen atoms in total. The van der Waals surface area contributed by atoms with Gasteiger partial charge in [-0.1, -0.05) is 42.5 Å². The zero-order valence-electron chi connectivity index (χ0n) is 26.1. The van der Waals surface area contributed by atoms with E-state index < -0.39 is 6.09 Å². The van der Waals surface area contributed by atoms with Crippen molar-refractivity contribution in [3.63, 3.8) is 0 Å². The fourth-order valence-corrected chi connectivity index (χ4v) is 5.33. The van der Waals surface area contributed by atoms with Crippen molar-refractivity contribution in [2.45, 2.75) is 44.5 Å². The Morgan fingerprint density at radius 1 is 0.933 bits per heavy atom. The predicted molar refractivity (Wildman–Crippen MR) is 170 cm³/mol. The van der Waals surface area contributed by atoms with Crippen molar-refractivity contribution in [2.24, 2.45) is 0 Å². The molecule has 3 aromatic rings. The summed E-state index contributed by atoms with van der Waals surface area (Å²) in [7, 11) is 3.28. The molecule has 242 valence electrons. The van der Waals surface area contributed by atoms with Crippen LogP contribution in [0.2, 0.25) is 0 Å². The summed E-state index contributed by atoms with van der Waals surface area (Å²) >= 11 is 0. The minimum absolute atomic E-state index is 0.0188. The molecule has 0 saturated carbocycles. The Labute approximate surface area is 265 Å². The Bertz CT molecular complexity index is 1350. The number of hydrogen-bond donors (Lipinski definition) is 2. The van der Waals surface area contributed by atoms with Gasteiger partial charge >= 0.3 is 6.09 Å². The van der Waals surface area contributed by atoms with E-state index in [9.17, 15) is 14.7 Å². The summed E-state index contributed by atoms with van der Waals surface area (Å²) in [6.45, 7) is 3.67. The number of ether oxygens (including phenoxy) is 5. The van der Waals surface area contributed by atoms with Gasteiger partial charge < -0.3 is 39.0 Å². The Balaban J connectivity index is 1.28. The third-order valence-electron chi connectivity index (χ3n) is 7.75. The van der Waals surface area contributed by atoms with Gasteiger partial charge in [0.05, 0.1) is 46.2 Å². The van der Waals surface area contributed by atoms with Gasteiger partial charge in [0.15, 0.2) is 0 Å². The van der Waals surface area contributed by atoms with Crippen LogP contribution in [0.5, 0.6) is 11.5 Å². The van der Waals surface area contributed by atoms with Gasteiger partial charge in [0.1, 0.15) is 11.5 Å². The van der Waals surface area contributed by atoms with E-state index in [0.717, 1.165) is 41.0 Å². The molecule has 0 aliphatic carbocycles. The second-order valence-corrected chi connectivity index (χ2v) is 10.9. The number of carbonyl (C=O) groups excluding carboxylic acids is 1. The first-order chi connectivity index (χ1) is 22.0. The predicted octanol–water partition coefficient (Wildman–Crippen LogP) is 5.50. The fraction of sp³-hybridized carbons (Fsp3) is 0.429. The summed E-state index contributed by atoms with van der Waals surface area (Å²) in [4.78, 5) is 25.7. The van der Waals surface area contributed by atoms with Crippen LogP contribution in [-0.4, -0.2) is 81.8 Å². The van der Waals surface area contributed by atoms with Crippen molar-refractivity contribution in [1.82, 2.24) is 10.2 Å². The summed E-state index contributed by atoms with van der Waals surface area (Å²) in [6, 6.07) is 23.1. The van der Waals surface area contributed by atoms with Crippen LogP contribution < -0.4 is 14.8 Å². The Morgan fingerprint density at radius 3 is 2.53 bits per heavy atom. The lowest BCUT2D eigenvalue weighted by Gasteiger charge is -2.37. The standard InChI is InChI=1S/C35H44N2O8/c1-41-19-6-17-36-34(38)28-10-5-8-26(22-28)24-45-33-23-37(35(39)40)18-16-31(33)27-12-14-30(15-13-27)44-21-7-20-43-25-29-9-3-4-11-32(29)42-2/h3-5,8-15,22,31,33H,6-7,16-21,23-25H2,1-2H3,(H,36,38)(H,39,40). The topological polar surface area (TPSA) is 116 Å². The van der Waals surface area contributed by atoms with Gasteiger partial charge in [-0.3, -0.25) is 4.79 Å². The number of nitrogens with zero attached hydrogens (tertiary/aromatic N) is 1. The number of hydrogen-bond acceptors (Lipinski definition) is 7. The van der Waals surface area contributed by atoms with Crippen LogP contribution in [0.15, 0.2) is 72.8 Å². The van der Waals surface area contributed by atoms with Crippen molar-refractivity contribution in [2.75, 3.05) is 53.7 Å². The first-order valence-corrected chi connectivity index (χ1v) is 15.4. The molecule has 2 unspecified atom stereocenters. The quantitative estimate of drug-likeness (QED) is 0.190. The molecule has 2 atom stereocenters. The Morgan fingerprint density at radius 2 is 1.76 bits per heavy atom. The molecule has 1 aliphatic heterocycles. The van der Waals surface area contributed by atoms with E-state index in [2.05, 4.69) is 5.32 Å². The van der Waals surface area contributed by atoms with Crippen molar-refractivity contribution in [1.29, 1.82) is 0 Å². The number of rotatable bonds is 17. The fourth-order valence-electron chi connectivity index (χ4n) is 5.33. The summed E-state index contributed by atoms with van der Waals surface area (Å²) in [5.74, 6) is 1.45. The Hall–Kier alpha value is -4.12. The molecule has 1 saturated heterocycles. The van der Waals surface area contributed by atoms with Gasteiger partial charge in [-0.05, 0) is 54.3 Å². The summed E-state index contributed by atoms with van der Waals surface area (Å²) in [5, 5.41) is 12.5. The maximum atomic E-state index is 12.6. The smallest absolute Gasteiger partial charge is 0.407 e. The van der Waals surface area contributed by atoms with Crippen LogP contribution in [-0.2, 0) is 27.4 Å². The van der Waals surface area contributed by atoms with E-state index in [1.54, 1.807) is 20.3 Å². The van der Waals surface area contributed by atoms with E-state index in [-0.39, 0.29) is 31.1 Å². The van der Waals surface area contributed by atoms with Crippen LogP contribution in [0.25, 0.3) is 0 Å². The molecule has 2 N–H and O–H groups in total. The third kappa shape index (κ3) is 10.5. The monoisotopic (exact) mass is 620 g/mol. The number of nitrogens with one attached hydrogen (secondary N) is 1. The highest BCUT2D eigenvalue weighted by atomic mass is 16.5. The van der Waals surface area contributed by atoms with Crippen molar-refractivity contribution in [3.8, 4) is 11.5 Å². The molecule has 1 fully saturated rings. The molecule has 3 aromatic carbocycles. The van der Waals surface area contributed by atoms with E-state index in [0.29, 0.717) is 51.5 Å². The first kappa shape index (κ1) is 33.8. The van der Waals surface area contributed by atoms with Crippen LogP contribution >= 0.6 is 0 Å². The molecular formula is C35H44N2O8. The zero-order chi connectivity index (χ0) is 31.9. The highest BCUT2D eigenvalue weighted by Crippen LogP contribution is 2.32. The van der Waals surface area contributed by atoms with Gasteiger partial charge in [0.2, 0.25) is 0 Å². The number of piperidine rings is 1. The van der Waals surface area contributed by atoms with Gasteiger partial charge in [-0.2, -0.15) is 0 Å². The minimum atomic E-state index is -0.954. The van der Waals surface area contributed by atoms with E-state index in [1.807, 2.05) is 66.7 Å². The largest absolute Gasteiger partial charge is 0.496 e. The molecule has 0 bridgehead atoms. The maximum Gasteiger partial charge on any atom is 0.407 e. The van der Waals surface area contributed by atoms with E-state index in [1.165, 1.54) is 4.90 Å². The Kier molecular flexibility index (Phi) is 13.5. The molecule has 2 amide bonds. The number of amides is 2. The second kappa shape index (κ2) is 18.0. The molecular weight excluding hydrogens is 576 g/mol. The second-order valence-electron chi connectivity index (χ2n) is 10.9. The van der Waals surface area contributed by atoms with Gasteiger partial charge in [0.25, 0.3) is 5.91 Å². The lowest BCUT2D eigenvalue weighted by atomic mass is 9.87. The highest BCUT2D eigenvalue weighted by molar-refractivity contribution is 5.94. The maximum absolute atomic E-state index is 12.6. The average molecular weight is 621 g/mol. The summed E-state index contributed by atoms with van der Waals surface area (Å²) < 4.78 is 28.5. The van der Waals surface area contributed by atoms with Crippen LogP contribution in [0.4, 0.5) is 4.79 Å². The van der Waals surface area contributed by atoms with Crippen molar-refractivity contribution >= 4 is 12.0 Å². The zero-order valence-corrected chi connectivity index (χ0v) is 26.1. The number of carbonyl (C=O) groups is 2. The molecule has 4 rings (SSSR count). The third-order valence-corrected chi connectivity index (χ3v) is 7.75. The summed E-state index contributed by atoms with van der Waals surface area (Å²) in [5.41, 5.74) is 3.49. The molecule has 0 aromatic heterocycles. The van der Waals surface area contributed by atoms with Crippen molar-refractivity contribution < 1.29 is 38.4 Å².